The molecule has 0 aromatic heterocycles. The van der Waals surface area contributed by atoms with Crippen molar-refractivity contribution in [1.29, 1.82) is 0 Å². The first-order chi connectivity index (χ1) is 12.1. The summed E-state index contributed by atoms with van der Waals surface area (Å²) in [6.45, 7) is 0. The van der Waals surface area contributed by atoms with Crippen molar-refractivity contribution in [2.45, 2.75) is 6.42 Å². The molecule has 1 amide bonds. The Bertz CT molecular complexity index is 843. The number of carboxylic acid groups (broad SMARTS) is 1. The Balaban J connectivity index is 1.65. The third kappa shape index (κ3) is 4.77. The molecule has 2 N–H and O–H groups in total. The summed E-state index contributed by atoms with van der Waals surface area (Å²) in [4.78, 5) is 21.7. The SMILES string of the molecule is O=C(O)Cc1ccc(-c2ccc(C=NN=C3NC(=O)CS3)cc2)cc1. The van der Waals surface area contributed by atoms with E-state index in [2.05, 4.69) is 15.5 Å². The fourth-order valence-electron chi connectivity index (χ4n) is 2.28. The molecule has 1 heterocycles. The number of nitrogens with one attached hydrogen (secondary N) is 1. The Labute approximate surface area is 148 Å². The van der Waals surface area contributed by atoms with Crippen LogP contribution in [0.3, 0.4) is 0 Å². The summed E-state index contributed by atoms with van der Waals surface area (Å²) in [5, 5.41) is 19.8. The highest BCUT2D eigenvalue weighted by Gasteiger charge is 2.15. The largest absolute Gasteiger partial charge is 0.481 e. The van der Waals surface area contributed by atoms with Crippen molar-refractivity contribution < 1.29 is 14.7 Å². The van der Waals surface area contributed by atoms with Crippen molar-refractivity contribution in [3.05, 3.63) is 59.7 Å². The molecule has 1 saturated heterocycles. The standard InChI is InChI=1S/C18H15N3O3S/c22-16-11-25-18(20-16)21-19-10-13-3-7-15(8-4-13)14-5-1-12(2-6-14)9-17(23)24/h1-8,10H,9,11H2,(H,23,24)(H,20,21,22). The Hall–Kier alpha value is -2.93. The molecule has 0 bridgehead atoms. The van der Waals surface area contributed by atoms with E-state index in [0.717, 1.165) is 22.3 Å². The molecule has 7 heteroatoms. The van der Waals surface area contributed by atoms with E-state index in [1.807, 2.05) is 48.5 Å². The average Bonchev–Trinajstić information content (AvgIpc) is 3.01. The molecular formula is C18H15N3O3S. The van der Waals surface area contributed by atoms with Gasteiger partial charge in [-0.05, 0) is 22.3 Å². The fourth-order valence-corrected chi connectivity index (χ4v) is 2.91. The second kappa shape index (κ2) is 7.76. The number of benzene rings is 2. The minimum atomic E-state index is -0.837. The van der Waals surface area contributed by atoms with E-state index in [1.165, 1.54) is 11.8 Å². The fraction of sp³-hybridized carbons (Fsp3) is 0.111. The Morgan fingerprint density at radius 1 is 1.12 bits per heavy atom. The van der Waals surface area contributed by atoms with Crippen LogP contribution < -0.4 is 5.32 Å². The summed E-state index contributed by atoms with van der Waals surface area (Å²) in [6, 6.07) is 15.2. The van der Waals surface area contributed by atoms with Crippen LogP contribution in [0, 0.1) is 0 Å². The Morgan fingerprint density at radius 2 is 1.76 bits per heavy atom. The predicted octanol–water partition coefficient (Wildman–Crippen LogP) is 2.53. The van der Waals surface area contributed by atoms with Crippen LogP contribution in [0.5, 0.6) is 0 Å². The van der Waals surface area contributed by atoms with Crippen molar-refractivity contribution in [3.63, 3.8) is 0 Å². The van der Waals surface area contributed by atoms with E-state index in [9.17, 15) is 9.59 Å². The molecule has 0 radical (unpaired) electrons. The lowest BCUT2D eigenvalue weighted by molar-refractivity contribution is -0.136. The second-order valence-electron chi connectivity index (χ2n) is 5.38. The van der Waals surface area contributed by atoms with Crippen LogP contribution in [-0.2, 0) is 16.0 Å². The van der Waals surface area contributed by atoms with E-state index in [4.69, 9.17) is 5.11 Å². The lowest BCUT2D eigenvalue weighted by Crippen LogP contribution is -2.19. The van der Waals surface area contributed by atoms with Crippen LogP contribution in [-0.4, -0.2) is 34.1 Å². The summed E-state index contributed by atoms with van der Waals surface area (Å²) in [7, 11) is 0. The van der Waals surface area contributed by atoms with Crippen LogP contribution in [0.4, 0.5) is 0 Å². The van der Waals surface area contributed by atoms with Crippen LogP contribution in [0.25, 0.3) is 11.1 Å². The van der Waals surface area contributed by atoms with Crippen LogP contribution in [0.2, 0.25) is 0 Å². The number of aliphatic carboxylic acids is 1. The molecule has 126 valence electrons. The van der Waals surface area contributed by atoms with E-state index in [1.54, 1.807) is 6.21 Å². The van der Waals surface area contributed by atoms with Crippen molar-refractivity contribution in [2.75, 3.05) is 5.75 Å². The molecule has 1 aliphatic rings. The number of carbonyl (C=O) groups excluding carboxylic acids is 1. The zero-order valence-corrected chi connectivity index (χ0v) is 14.0. The van der Waals surface area contributed by atoms with Gasteiger partial charge in [-0.1, -0.05) is 60.3 Å². The van der Waals surface area contributed by atoms with Crippen molar-refractivity contribution in [1.82, 2.24) is 5.32 Å². The number of carboxylic acids is 1. The van der Waals surface area contributed by atoms with Crippen molar-refractivity contribution in [2.24, 2.45) is 10.2 Å². The highest BCUT2D eigenvalue weighted by Crippen LogP contribution is 2.20. The third-order valence-corrected chi connectivity index (χ3v) is 4.36. The van der Waals surface area contributed by atoms with Crippen molar-refractivity contribution in [3.8, 4) is 11.1 Å². The van der Waals surface area contributed by atoms with Gasteiger partial charge in [-0.25, -0.2) is 0 Å². The summed E-state index contributed by atoms with van der Waals surface area (Å²) < 4.78 is 0. The summed E-state index contributed by atoms with van der Waals surface area (Å²) in [5.74, 6) is -0.512. The molecule has 1 fully saturated rings. The maximum absolute atomic E-state index is 11.0. The van der Waals surface area contributed by atoms with Gasteiger partial charge in [-0.3, -0.25) is 9.59 Å². The van der Waals surface area contributed by atoms with E-state index in [0.29, 0.717) is 10.9 Å². The highest BCUT2D eigenvalue weighted by molar-refractivity contribution is 8.15. The Morgan fingerprint density at radius 3 is 2.32 bits per heavy atom. The predicted molar refractivity (Wildman–Crippen MR) is 98.8 cm³/mol. The zero-order chi connectivity index (χ0) is 17.6. The molecule has 2 aromatic rings. The number of amides is 1. The first kappa shape index (κ1) is 16.9. The zero-order valence-electron chi connectivity index (χ0n) is 13.2. The number of rotatable bonds is 5. The normalized spacial score (nSPS) is 15.7. The quantitative estimate of drug-likeness (QED) is 0.638. The van der Waals surface area contributed by atoms with Gasteiger partial charge < -0.3 is 10.4 Å². The molecule has 25 heavy (non-hydrogen) atoms. The van der Waals surface area contributed by atoms with Gasteiger partial charge in [0.05, 0.1) is 18.4 Å². The van der Waals surface area contributed by atoms with Crippen LogP contribution >= 0.6 is 11.8 Å². The van der Waals surface area contributed by atoms with E-state index in [-0.39, 0.29) is 12.3 Å². The molecule has 0 spiro atoms. The molecule has 0 saturated carbocycles. The number of amidine groups is 1. The number of thioether (sulfide) groups is 1. The van der Waals surface area contributed by atoms with Gasteiger partial charge in [0.1, 0.15) is 0 Å². The van der Waals surface area contributed by atoms with Crippen molar-refractivity contribution >= 4 is 35.0 Å². The summed E-state index contributed by atoms with van der Waals surface area (Å²) in [6.07, 6.45) is 1.65. The van der Waals surface area contributed by atoms with Gasteiger partial charge in [0.15, 0.2) is 5.17 Å². The number of hydrogen-bond acceptors (Lipinski definition) is 5. The minimum absolute atomic E-state index is 0.0247. The number of nitrogens with zero attached hydrogens (tertiary/aromatic N) is 2. The first-order valence-electron chi connectivity index (χ1n) is 7.55. The van der Waals surface area contributed by atoms with Crippen LogP contribution in [0.15, 0.2) is 58.7 Å². The molecule has 0 atom stereocenters. The highest BCUT2D eigenvalue weighted by atomic mass is 32.2. The molecule has 2 aromatic carbocycles. The third-order valence-electron chi connectivity index (χ3n) is 3.50. The maximum Gasteiger partial charge on any atom is 0.307 e. The van der Waals surface area contributed by atoms with Gasteiger partial charge in [-0.2, -0.15) is 5.10 Å². The van der Waals surface area contributed by atoms with Gasteiger partial charge in [0.25, 0.3) is 0 Å². The van der Waals surface area contributed by atoms with E-state index < -0.39 is 5.97 Å². The van der Waals surface area contributed by atoms with E-state index >= 15 is 0 Å². The van der Waals surface area contributed by atoms with Gasteiger partial charge >= 0.3 is 5.97 Å². The van der Waals surface area contributed by atoms with Crippen LogP contribution in [0.1, 0.15) is 11.1 Å². The topological polar surface area (TPSA) is 91.1 Å². The molecule has 3 rings (SSSR count). The molecule has 0 unspecified atom stereocenters. The van der Waals surface area contributed by atoms with Gasteiger partial charge in [0, 0.05) is 0 Å². The first-order valence-corrected chi connectivity index (χ1v) is 8.53. The molecular weight excluding hydrogens is 338 g/mol. The summed E-state index contributed by atoms with van der Waals surface area (Å²) >= 11 is 1.33. The average molecular weight is 353 g/mol. The number of carbonyl (C=O) groups is 2. The Kier molecular flexibility index (Phi) is 5.25. The molecule has 0 aliphatic carbocycles. The summed E-state index contributed by atoms with van der Waals surface area (Å²) in [5.41, 5.74) is 3.72. The second-order valence-corrected chi connectivity index (χ2v) is 6.34. The smallest absolute Gasteiger partial charge is 0.307 e. The lowest BCUT2D eigenvalue weighted by atomic mass is 10.0. The van der Waals surface area contributed by atoms with Gasteiger partial charge in [-0.15, -0.1) is 5.10 Å². The molecule has 1 aliphatic heterocycles. The maximum atomic E-state index is 11.0. The van der Waals surface area contributed by atoms with Gasteiger partial charge in [0.2, 0.25) is 5.91 Å². The molecule has 6 nitrogen and oxygen atoms in total. The lowest BCUT2D eigenvalue weighted by Gasteiger charge is -2.04. The number of hydrogen-bond donors (Lipinski definition) is 2. The minimum Gasteiger partial charge on any atom is -0.481 e. The monoisotopic (exact) mass is 353 g/mol.